The number of para-hydroxylation sites is 1. The maximum atomic E-state index is 6.03. The van der Waals surface area contributed by atoms with E-state index in [1.54, 1.807) is 0 Å². The lowest BCUT2D eigenvalue weighted by Gasteiger charge is -2.31. The van der Waals surface area contributed by atoms with Crippen molar-refractivity contribution in [2.45, 2.75) is 12.8 Å². The molecule has 0 saturated carbocycles. The van der Waals surface area contributed by atoms with E-state index in [0.717, 1.165) is 31.9 Å². The Morgan fingerprint density at radius 1 is 1.28 bits per heavy atom. The van der Waals surface area contributed by atoms with E-state index in [2.05, 4.69) is 4.90 Å². The van der Waals surface area contributed by atoms with Crippen molar-refractivity contribution < 1.29 is 4.74 Å². The van der Waals surface area contributed by atoms with Gasteiger partial charge in [-0.15, -0.1) is 0 Å². The Kier molecular flexibility index (Phi) is 5.29. The van der Waals surface area contributed by atoms with E-state index >= 15 is 0 Å². The molecular formula is C14H21ClN2O. The van der Waals surface area contributed by atoms with Crippen LogP contribution in [0.15, 0.2) is 24.3 Å². The molecule has 1 fully saturated rings. The summed E-state index contributed by atoms with van der Waals surface area (Å²) in [4.78, 5) is 2.43. The lowest BCUT2D eigenvalue weighted by molar-refractivity contribution is 0.157. The van der Waals surface area contributed by atoms with Crippen molar-refractivity contribution in [3.63, 3.8) is 0 Å². The van der Waals surface area contributed by atoms with E-state index in [1.165, 1.54) is 12.8 Å². The Bertz CT molecular complexity index is 365. The molecule has 1 aliphatic heterocycles. The van der Waals surface area contributed by atoms with E-state index in [4.69, 9.17) is 22.1 Å². The number of benzene rings is 1. The van der Waals surface area contributed by atoms with Gasteiger partial charge in [-0.1, -0.05) is 23.7 Å². The number of piperidine rings is 1. The summed E-state index contributed by atoms with van der Waals surface area (Å²) in [6.45, 7) is 4.74. The molecule has 0 unspecified atom stereocenters. The van der Waals surface area contributed by atoms with Crippen LogP contribution in [0.1, 0.15) is 12.8 Å². The molecule has 1 aromatic carbocycles. The van der Waals surface area contributed by atoms with Gasteiger partial charge >= 0.3 is 0 Å². The Balaban J connectivity index is 1.69. The van der Waals surface area contributed by atoms with Gasteiger partial charge in [0.05, 0.1) is 5.02 Å². The zero-order valence-corrected chi connectivity index (χ0v) is 11.4. The average Bonchev–Trinajstić information content (AvgIpc) is 2.42. The van der Waals surface area contributed by atoms with Crippen LogP contribution in [0.2, 0.25) is 5.02 Å². The second kappa shape index (κ2) is 6.98. The molecule has 1 aromatic rings. The molecule has 4 heteroatoms. The molecule has 1 aliphatic rings. The molecule has 2 N–H and O–H groups in total. The Morgan fingerprint density at radius 3 is 2.67 bits per heavy atom. The second-order valence-electron chi connectivity index (χ2n) is 4.80. The number of hydrogen-bond acceptors (Lipinski definition) is 3. The maximum Gasteiger partial charge on any atom is 0.137 e. The van der Waals surface area contributed by atoms with Gasteiger partial charge in [0.25, 0.3) is 0 Å². The molecule has 18 heavy (non-hydrogen) atoms. The van der Waals surface area contributed by atoms with Gasteiger partial charge in [0, 0.05) is 6.54 Å². The van der Waals surface area contributed by atoms with E-state index < -0.39 is 0 Å². The summed E-state index contributed by atoms with van der Waals surface area (Å²) in [6, 6.07) is 7.60. The predicted molar refractivity (Wildman–Crippen MR) is 75.2 cm³/mol. The Hall–Kier alpha value is -0.770. The molecule has 3 nitrogen and oxygen atoms in total. The van der Waals surface area contributed by atoms with Crippen molar-refractivity contribution in [2.75, 3.05) is 32.8 Å². The van der Waals surface area contributed by atoms with Gasteiger partial charge in [-0.3, -0.25) is 4.90 Å². The predicted octanol–water partition coefficient (Wildman–Crippen LogP) is 2.39. The normalized spacial score (nSPS) is 17.9. The number of nitrogens with zero attached hydrogens (tertiary/aromatic N) is 1. The van der Waals surface area contributed by atoms with Crippen LogP contribution < -0.4 is 10.5 Å². The first-order valence-corrected chi connectivity index (χ1v) is 6.97. The molecule has 100 valence electrons. The van der Waals surface area contributed by atoms with Crippen LogP contribution in [0.5, 0.6) is 5.75 Å². The zero-order valence-electron chi connectivity index (χ0n) is 10.6. The summed E-state index contributed by atoms with van der Waals surface area (Å²) >= 11 is 6.03. The minimum atomic E-state index is 0.680. The lowest BCUT2D eigenvalue weighted by atomic mass is 9.97. The molecule has 0 aliphatic carbocycles. The first-order chi connectivity index (χ1) is 8.79. The van der Waals surface area contributed by atoms with Crippen LogP contribution in [0.3, 0.4) is 0 Å². The molecule has 0 spiro atoms. The fourth-order valence-corrected chi connectivity index (χ4v) is 2.48. The molecule has 0 radical (unpaired) electrons. The number of halogens is 1. The minimum Gasteiger partial charge on any atom is -0.491 e. The van der Waals surface area contributed by atoms with Gasteiger partial charge in [-0.25, -0.2) is 0 Å². The van der Waals surface area contributed by atoms with Crippen LogP contribution in [0.4, 0.5) is 0 Å². The quantitative estimate of drug-likeness (QED) is 0.891. The summed E-state index contributed by atoms with van der Waals surface area (Å²) in [7, 11) is 0. The van der Waals surface area contributed by atoms with Gasteiger partial charge in [-0.2, -0.15) is 0 Å². The third-order valence-electron chi connectivity index (χ3n) is 3.54. The third kappa shape index (κ3) is 3.87. The van der Waals surface area contributed by atoms with Crippen molar-refractivity contribution >= 4 is 11.6 Å². The first kappa shape index (κ1) is 13.7. The van der Waals surface area contributed by atoms with Crippen molar-refractivity contribution in [1.82, 2.24) is 4.90 Å². The van der Waals surface area contributed by atoms with Gasteiger partial charge in [0.1, 0.15) is 12.4 Å². The third-order valence-corrected chi connectivity index (χ3v) is 3.85. The number of nitrogens with two attached hydrogens (primary N) is 1. The van der Waals surface area contributed by atoms with Crippen molar-refractivity contribution in [2.24, 2.45) is 11.7 Å². The van der Waals surface area contributed by atoms with Gasteiger partial charge in [0.2, 0.25) is 0 Å². The zero-order chi connectivity index (χ0) is 12.8. The number of hydrogen-bond donors (Lipinski definition) is 1. The number of likely N-dealkylation sites (tertiary alicyclic amines) is 1. The first-order valence-electron chi connectivity index (χ1n) is 6.59. The van der Waals surface area contributed by atoms with E-state index in [9.17, 15) is 0 Å². The van der Waals surface area contributed by atoms with Crippen LogP contribution in [0, 0.1) is 5.92 Å². The highest BCUT2D eigenvalue weighted by Gasteiger charge is 2.17. The Morgan fingerprint density at radius 2 is 2.00 bits per heavy atom. The van der Waals surface area contributed by atoms with Crippen LogP contribution in [-0.2, 0) is 0 Å². The second-order valence-corrected chi connectivity index (χ2v) is 5.21. The fraction of sp³-hybridized carbons (Fsp3) is 0.571. The van der Waals surface area contributed by atoms with Gasteiger partial charge in [0.15, 0.2) is 0 Å². The smallest absolute Gasteiger partial charge is 0.137 e. The standard InChI is InChI=1S/C14H21ClN2O/c15-13-3-1-2-4-14(13)18-10-9-17-7-5-12(11-16)6-8-17/h1-4,12H,5-11,16H2. The molecule has 0 aromatic heterocycles. The minimum absolute atomic E-state index is 0.680. The van der Waals surface area contributed by atoms with Crippen LogP contribution >= 0.6 is 11.6 Å². The van der Waals surface area contributed by atoms with Crippen LogP contribution in [-0.4, -0.2) is 37.7 Å². The lowest BCUT2D eigenvalue weighted by Crippen LogP contribution is -2.38. The van der Waals surface area contributed by atoms with E-state index in [1.807, 2.05) is 24.3 Å². The monoisotopic (exact) mass is 268 g/mol. The summed E-state index contributed by atoms with van der Waals surface area (Å²) < 4.78 is 5.69. The molecular weight excluding hydrogens is 248 g/mol. The SMILES string of the molecule is NCC1CCN(CCOc2ccccc2Cl)CC1. The summed E-state index contributed by atoms with van der Waals surface area (Å²) in [5.41, 5.74) is 5.68. The van der Waals surface area contributed by atoms with Crippen molar-refractivity contribution in [3.8, 4) is 5.75 Å². The summed E-state index contributed by atoms with van der Waals surface area (Å²) in [5, 5.41) is 0.680. The number of ether oxygens (including phenoxy) is 1. The van der Waals surface area contributed by atoms with Crippen molar-refractivity contribution in [1.29, 1.82) is 0 Å². The maximum absolute atomic E-state index is 6.03. The summed E-state index contributed by atoms with van der Waals surface area (Å²) in [6.07, 6.45) is 2.42. The summed E-state index contributed by atoms with van der Waals surface area (Å²) in [5.74, 6) is 1.49. The van der Waals surface area contributed by atoms with Crippen LogP contribution in [0.25, 0.3) is 0 Å². The van der Waals surface area contributed by atoms with E-state index in [0.29, 0.717) is 17.5 Å². The molecule has 0 bridgehead atoms. The van der Waals surface area contributed by atoms with E-state index in [-0.39, 0.29) is 0 Å². The highest BCUT2D eigenvalue weighted by atomic mass is 35.5. The molecule has 1 saturated heterocycles. The largest absolute Gasteiger partial charge is 0.491 e. The highest BCUT2D eigenvalue weighted by Crippen LogP contribution is 2.23. The fourth-order valence-electron chi connectivity index (χ4n) is 2.29. The van der Waals surface area contributed by atoms with Crippen molar-refractivity contribution in [3.05, 3.63) is 29.3 Å². The average molecular weight is 269 g/mol. The topological polar surface area (TPSA) is 38.5 Å². The molecule has 2 rings (SSSR count). The van der Waals surface area contributed by atoms with Gasteiger partial charge in [-0.05, 0) is 50.5 Å². The Labute approximate surface area is 114 Å². The number of rotatable bonds is 5. The highest BCUT2D eigenvalue weighted by molar-refractivity contribution is 6.32. The molecule has 0 atom stereocenters. The van der Waals surface area contributed by atoms with Gasteiger partial charge < -0.3 is 10.5 Å². The molecule has 0 amide bonds. The molecule has 1 heterocycles.